The van der Waals surface area contributed by atoms with Crippen LogP contribution in [0, 0.1) is 0 Å². The predicted octanol–water partition coefficient (Wildman–Crippen LogP) is 3.57. The fourth-order valence-corrected chi connectivity index (χ4v) is 2.79. The van der Waals surface area contributed by atoms with Crippen LogP contribution in [-0.4, -0.2) is 20.8 Å². The Morgan fingerprint density at radius 2 is 1.87 bits per heavy atom. The first kappa shape index (κ1) is 15.8. The molecule has 1 aromatic heterocycles. The molecule has 23 heavy (non-hydrogen) atoms. The number of nitrogens with two attached hydrogens (primary N) is 1. The molecule has 4 N–H and O–H groups in total. The number of hydrogen-bond donors (Lipinski definition) is 3. The van der Waals surface area contributed by atoms with Gasteiger partial charge in [-0.15, -0.1) is 0 Å². The highest BCUT2D eigenvalue weighted by Crippen LogP contribution is 2.34. The van der Waals surface area contributed by atoms with Crippen LogP contribution in [0.5, 0.6) is 11.5 Å². The van der Waals surface area contributed by atoms with Gasteiger partial charge in [0.25, 0.3) is 0 Å². The fraction of sp³-hybridized carbons (Fsp3) is 0.375. The van der Waals surface area contributed by atoms with Crippen molar-refractivity contribution in [3.8, 4) is 11.5 Å². The molecule has 7 heteroatoms. The molecule has 122 valence electrons. The van der Waals surface area contributed by atoms with Crippen molar-refractivity contribution in [2.24, 2.45) is 0 Å². The fourth-order valence-electron chi connectivity index (χ4n) is 2.66. The second-order valence-electron chi connectivity index (χ2n) is 5.71. The maximum atomic E-state index is 10.7. The summed E-state index contributed by atoms with van der Waals surface area (Å²) >= 11 is 5.87. The summed E-state index contributed by atoms with van der Waals surface area (Å²) in [6, 6.07) is 6.96. The minimum absolute atomic E-state index is 0.121. The van der Waals surface area contributed by atoms with Crippen LogP contribution in [0.1, 0.15) is 32.1 Å². The van der Waals surface area contributed by atoms with Gasteiger partial charge < -0.3 is 20.9 Å². The van der Waals surface area contributed by atoms with Gasteiger partial charge in [0.2, 0.25) is 5.95 Å². The molecule has 0 radical (unpaired) electrons. The Morgan fingerprint density at radius 3 is 2.57 bits per heavy atom. The van der Waals surface area contributed by atoms with Gasteiger partial charge in [-0.05, 0) is 49.9 Å². The van der Waals surface area contributed by atoms with E-state index in [1.54, 1.807) is 24.3 Å². The minimum Gasteiger partial charge on any atom is -0.452 e. The van der Waals surface area contributed by atoms with Gasteiger partial charge in [-0.25, -0.2) is 4.98 Å². The van der Waals surface area contributed by atoms with Crippen molar-refractivity contribution in [2.45, 2.75) is 37.8 Å². The lowest BCUT2D eigenvalue weighted by Crippen LogP contribution is -2.40. The molecule has 1 aliphatic carbocycles. The third-order valence-corrected chi connectivity index (χ3v) is 4.10. The molecular formula is C16H19ClN4O2. The van der Waals surface area contributed by atoms with Crippen LogP contribution in [0.4, 0.5) is 11.8 Å². The topological polar surface area (TPSA) is 93.3 Å². The highest BCUT2D eigenvalue weighted by Gasteiger charge is 2.30. The van der Waals surface area contributed by atoms with Crippen molar-refractivity contribution in [3.63, 3.8) is 0 Å². The molecule has 1 aliphatic rings. The Bertz CT molecular complexity index is 672. The van der Waals surface area contributed by atoms with Crippen molar-refractivity contribution in [3.05, 3.63) is 35.5 Å². The zero-order chi connectivity index (χ0) is 16.3. The molecule has 0 unspecified atom stereocenters. The molecule has 1 aromatic carbocycles. The number of hydrogen-bond acceptors (Lipinski definition) is 6. The Balaban J connectivity index is 1.84. The van der Waals surface area contributed by atoms with Gasteiger partial charge in [0, 0.05) is 5.02 Å². The standard InChI is InChI=1S/C16H19ClN4O2/c17-11-4-6-12(7-5-11)23-13-10-19-15(18)20-14(13)21-16(22)8-2-1-3-9-16/h4-7,10,22H,1-3,8-9H2,(H3,18,19,20,21). The predicted molar refractivity (Wildman–Crippen MR) is 89.6 cm³/mol. The molecule has 0 saturated heterocycles. The van der Waals surface area contributed by atoms with Crippen LogP contribution in [0.2, 0.25) is 5.02 Å². The second-order valence-corrected chi connectivity index (χ2v) is 6.15. The molecule has 0 bridgehead atoms. The monoisotopic (exact) mass is 334 g/mol. The Hall–Kier alpha value is -2.05. The first-order chi connectivity index (χ1) is 11.0. The first-order valence-corrected chi connectivity index (χ1v) is 7.98. The third kappa shape index (κ3) is 4.03. The number of anilines is 2. The number of aliphatic hydroxyl groups is 1. The number of nitrogens with one attached hydrogen (secondary N) is 1. The van der Waals surface area contributed by atoms with Crippen molar-refractivity contribution in [1.29, 1.82) is 0 Å². The maximum absolute atomic E-state index is 10.7. The maximum Gasteiger partial charge on any atom is 0.222 e. The summed E-state index contributed by atoms with van der Waals surface area (Å²) in [6.45, 7) is 0. The molecule has 2 aromatic rings. The zero-order valence-corrected chi connectivity index (χ0v) is 13.4. The summed E-state index contributed by atoms with van der Waals surface area (Å²) in [4.78, 5) is 8.13. The van der Waals surface area contributed by atoms with Gasteiger partial charge in [0.1, 0.15) is 11.5 Å². The third-order valence-electron chi connectivity index (χ3n) is 3.85. The summed E-state index contributed by atoms with van der Waals surface area (Å²) in [5.41, 5.74) is 4.68. The zero-order valence-electron chi connectivity index (χ0n) is 12.6. The SMILES string of the molecule is Nc1ncc(Oc2ccc(Cl)cc2)c(NC2(O)CCCCC2)n1. The molecule has 1 saturated carbocycles. The van der Waals surface area contributed by atoms with E-state index in [9.17, 15) is 5.11 Å². The van der Waals surface area contributed by atoms with E-state index in [2.05, 4.69) is 15.3 Å². The Labute approximate surface area is 139 Å². The summed E-state index contributed by atoms with van der Waals surface area (Å²) in [7, 11) is 0. The quantitative estimate of drug-likeness (QED) is 0.740. The average Bonchev–Trinajstić information content (AvgIpc) is 2.52. The number of benzene rings is 1. The lowest BCUT2D eigenvalue weighted by molar-refractivity contribution is 0.0311. The van der Waals surface area contributed by atoms with Gasteiger partial charge in [0.15, 0.2) is 11.6 Å². The van der Waals surface area contributed by atoms with Crippen LogP contribution in [0.15, 0.2) is 30.5 Å². The summed E-state index contributed by atoms with van der Waals surface area (Å²) in [5, 5.41) is 14.4. The number of nitrogens with zero attached hydrogens (tertiary/aromatic N) is 2. The van der Waals surface area contributed by atoms with E-state index in [1.165, 1.54) is 6.20 Å². The van der Waals surface area contributed by atoms with Crippen molar-refractivity contribution >= 4 is 23.4 Å². The largest absolute Gasteiger partial charge is 0.452 e. The normalized spacial score (nSPS) is 16.8. The van der Waals surface area contributed by atoms with Crippen LogP contribution in [0.3, 0.4) is 0 Å². The molecule has 6 nitrogen and oxygen atoms in total. The van der Waals surface area contributed by atoms with Crippen LogP contribution in [-0.2, 0) is 0 Å². The second kappa shape index (κ2) is 6.60. The van der Waals surface area contributed by atoms with Crippen molar-refractivity contribution in [2.75, 3.05) is 11.1 Å². The van der Waals surface area contributed by atoms with Gasteiger partial charge >= 0.3 is 0 Å². The van der Waals surface area contributed by atoms with Gasteiger partial charge in [0.05, 0.1) is 6.20 Å². The number of rotatable bonds is 4. The molecule has 0 amide bonds. The molecule has 1 fully saturated rings. The van der Waals surface area contributed by atoms with Gasteiger partial charge in [-0.3, -0.25) is 0 Å². The lowest BCUT2D eigenvalue weighted by atomic mass is 9.92. The Kier molecular flexibility index (Phi) is 4.54. The van der Waals surface area contributed by atoms with Crippen LogP contribution in [0.25, 0.3) is 0 Å². The Morgan fingerprint density at radius 1 is 1.17 bits per heavy atom. The molecule has 0 spiro atoms. The number of aromatic nitrogens is 2. The molecule has 0 aliphatic heterocycles. The molecule has 0 atom stereocenters. The molecule has 1 heterocycles. The average molecular weight is 335 g/mol. The van der Waals surface area contributed by atoms with E-state index < -0.39 is 5.72 Å². The van der Waals surface area contributed by atoms with E-state index in [0.717, 1.165) is 19.3 Å². The minimum atomic E-state index is -0.989. The number of ether oxygens (including phenoxy) is 1. The first-order valence-electron chi connectivity index (χ1n) is 7.61. The summed E-state index contributed by atoms with van der Waals surface area (Å²) in [6.07, 6.45) is 5.89. The van der Waals surface area contributed by atoms with Gasteiger partial charge in [-0.2, -0.15) is 4.98 Å². The van der Waals surface area contributed by atoms with E-state index in [1.807, 2.05) is 0 Å². The van der Waals surface area contributed by atoms with Gasteiger partial charge in [-0.1, -0.05) is 18.0 Å². The molecular weight excluding hydrogens is 316 g/mol. The van der Waals surface area contributed by atoms with E-state index in [4.69, 9.17) is 22.1 Å². The summed E-state index contributed by atoms with van der Waals surface area (Å²) < 4.78 is 5.79. The highest BCUT2D eigenvalue weighted by molar-refractivity contribution is 6.30. The lowest BCUT2D eigenvalue weighted by Gasteiger charge is -2.33. The number of nitrogen functional groups attached to an aromatic ring is 1. The van der Waals surface area contributed by atoms with E-state index in [0.29, 0.717) is 35.2 Å². The van der Waals surface area contributed by atoms with Crippen molar-refractivity contribution in [1.82, 2.24) is 9.97 Å². The number of halogens is 1. The van der Waals surface area contributed by atoms with Crippen LogP contribution < -0.4 is 15.8 Å². The van der Waals surface area contributed by atoms with E-state index >= 15 is 0 Å². The van der Waals surface area contributed by atoms with E-state index in [-0.39, 0.29) is 5.95 Å². The highest BCUT2D eigenvalue weighted by atomic mass is 35.5. The van der Waals surface area contributed by atoms with Crippen molar-refractivity contribution < 1.29 is 9.84 Å². The smallest absolute Gasteiger partial charge is 0.222 e. The molecule has 3 rings (SSSR count). The summed E-state index contributed by atoms with van der Waals surface area (Å²) in [5.74, 6) is 1.51. The van der Waals surface area contributed by atoms with Crippen LogP contribution >= 0.6 is 11.6 Å².